The van der Waals surface area contributed by atoms with Crippen molar-refractivity contribution in [2.75, 3.05) is 7.11 Å². The van der Waals surface area contributed by atoms with Gasteiger partial charge in [0.15, 0.2) is 12.7 Å². The maximum Gasteiger partial charge on any atom is 0.218 e. The largest absolute Gasteiger partial charge is 0.497 e. The standard InChI is InChI=1S/C16H16NO/c1-12-3-8-16-14(9-12)11-17(16)10-13-4-6-15(18-2)7-5-13/h3-9,11H,10H2,1-2H3/q+1. The number of fused-ring (bicyclic) bond motifs is 1. The quantitative estimate of drug-likeness (QED) is 0.737. The molecule has 0 aliphatic carbocycles. The lowest BCUT2D eigenvalue weighted by molar-refractivity contribution is 0.414. The number of methoxy groups -OCH3 is 1. The van der Waals surface area contributed by atoms with Gasteiger partial charge >= 0.3 is 0 Å². The maximum absolute atomic E-state index is 5.16. The third-order valence-corrected chi connectivity index (χ3v) is 3.30. The molecule has 2 aromatic rings. The van der Waals surface area contributed by atoms with Gasteiger partial charge < -0.3 is 4.74 Å². The van der Waals surface area contributed by atoms with E-state index >= 15 is 0 Å². The second-order valence-corrected chi connectivity index (χ2v) is 4.67. The molecule has 1 aliphatic heterocycles. The van der Waals surface area contributed by atoms with Gasteiger partial charge in [-0.25, -0.2) is 0 Å². The Labute approximate surface area is 106 Å². The SMILES string of the molecule is COc1ccc(C[N+]2=c3ccc(C)cc3=C2)cc1. The molecule has 0 bridgehead atoms. The molecule has 3 rings (SSSR count). The predicted octanol–water partition coefficient (Wildman–Crippen LogP) is 1.45. The first-order valence-electron chi connectivity index (χ1n) is 6.11. The van der Waals surface area contributed by atoms with Crippen molar-refractivity contribution in [2.24, 2.45) is 0 Å². The van der Waals surface area contributed by atoms with Crippen LogP contribution in [0, 0.1) is 6.92 Å². The van der Waals surface area contributed by atoms with Crippen LogP contribution in [0.3, 0.4) is 0 Å². The first-order chi connectivity index (χ1) is 8.76. The highest BCUT2D eigenvalue weighted by atomic mass is 16.5. The highest BCUT2D eigenvalue weighted by molar-refractivity contribution is 5.36. The van der Waals surface area contributed by atoms with Crippen LogP contribution >= 0.6 is 0 Å². The Kier molecular flexibility index (Phi) is 2.63. The summed E-state index contributed by atoms with van der Waals surface area (Å²) >= 11 is 0. The zero-order valence-corrected chi connectivity index (χ0v) is 10.7. The van der Waals surface area contributed by atoms with Crippen molar-refractivity contribution < 1.29 is 4.74 Å². The molecule has 0 amide bonds. The van der Waals surface area contributed by atoms with E-state index in [9.17, 15) is 0 Å². The molecular weight excluding hydrogens is 222 g/mol. The number of benzene rings is 2. The summed E-state index contributed by atoms with van der Waals surface area (Å²) in [6.45, 7) is 3.04. The second-order valence-electron chi connectivity index (χ2n) is 4.67. The summed E-state index contributed by atoms with van der Waals surface area (Å²) in [5.74, 6) is 0.905. The third kappa shape index (κ3) is 1.90. The monoisotopic (exact) mass is 238 g/mol. The van der Waals surface area contributed by atoms with E-state index in [2.05, 4.69) is 48.0 Å². The van der Waals surface area contributed by atoms with E-state index in [1.54, 1.807) is 7.11 Å². The predicted molar refractivity (Wildman–Crippen MR) is 72.8 cm³/mol. The van der Waals surface area contributed by atoms with E-state index in [0.29, 0.717) is 0 Å². The van der Waals surface area contributed by atoms with Gasteiger partial charge in [-0.3, -0.25) is 0 Å². The van der Waals surface area contributed by atoms with Crippen molar-refractivity contribution in [1.29, 1.82) is 0 Å². The Bertz CT molecular complexity index is 699. The smallest absolute Gasteiger partial charge is 0.218 e. The van der Waals surface area contributed by atoms with Gasteiger partial charge in [-0.1, -0.05) is 6.07 Å². The number of hydrogen-bond acceptors (Lipinski definition) is 1. The van der Waals surface area contributed by atoms with Gasteiger partial charge in [0.25, 0.3) is 0 Å². The molecule has 2 aromatic carbocycles. The molecule has 2 nitrogen and oxygen atoms in total. The average Bonchev–Trinajstić information content (AvgIpc) is 2.37. The zero-order chi connectivity index (χ0) is 12.5. The minimum Gasteiger partial charge on any atom is -0.497 e. The lowest BCUT2D eigenvalue weighted by atomic mass is 10.1. The molecule has 0 atom stereocenters. The molecule has 18 heavy (non-hydrogen) atoms. The van der Waals surface area contributed by atoms with Crippen molar-refractivity contribution in [3.8, 4) is 5.75 Å². The molecule has 2 heteroatoms. The average molecular weight is 238 g/mol. The first kappa shape index (κ1) is 11.0. The molecular formula is C16H16NO+. The van der Waals surface area contributed by atoms with Gasteiger partial charge in [0.2, 0.25) is 5.36 Å². The molecule has 0 unspecified atom stereocenters. The van der Waals surface area contributed by atoms with E-state index in [0.717, 1.165) is 12.3 Å². The van der Waals surface area contributed by atoms with Crippen molar-refractivity contribution in [3.63, 3.8) is 0 Å². The number of hydrogen-bond donors (Lipinski definition) is 0. The van der Waals surface area contributed by atoms with Crippen molar-refractivity contribution in [2.45, 2.75) is 13.5 Å². The van der Waals surface area contributed by atoms with Crippen molar-refractivity contribution >= 4 is 6.20 Å². The molecule has 0 fully saturated rings. The van der Waals surface area contributed by atoms with Crippen molar-refractivity contribution in [1.82, 2.24) is 4.58 Å². The van der Waals surface area contributed by atoms with Gasteiger partial charge in [0.05, 0.1) is 7.11 Å². The van der Waals surface area contributed by atoms with E-state index < -0.39 is 0 Å². The highest BCUT2D eigenvalue weighted by Gasteiger charge is 2.14. The van der Waals surface area contributed by atoms with E-state index in [4.69, 9.17) is 4.74 Å². The van der Waals surface area contributed by atoms with Gasteiger partial charge in [0.1, 0.15) is 11.0 Å². The summed E-state index contributed by atoms with van der Waals surface area (Å²) < 4.78 is 7.44. The molecule has 0 spiro atoms. The fraction of sp³-hybridized carbons (Fsp3) is 0.188. The van der Waals surface area contributed by atoms with Gasteiger partial charge in [0, 0.05) is 11.6 Å². The Morgan fingerprint density at radius 1 is 1.06 bits per heavy atom. The minimum atomic E-state index is 0.905. The van der Waals surface area contributed by atoms with E-state index in [-0.39, 0.29) is 0 Å². The lowest BCUT2D eigenvalue weighted by Crippen LogP contribution is -2.46. The topological polar surface area (TPSA) is 12.2 Å². The third-order valence-electron chi connectivity index (χ3n) is 3.30. The Morgan fingerprint density at radius 3 is 2.50 bits per heavy atom. The molecule has 90 valence electrons. The molecule has 0 saturated carbocycles. The lowest BCUT2D eigenvalue weighted by Gasteiger charge is -2.06. The zero-order valence-electron chi connectivity index (χ0n) is 10.7. The molecule has 0 radical (unpaired) electrons. The van der Waals surface area contributed by atoms with Crippen LogP contribution in [0.5, 0.6) is 5.75 Å². The van der Waals surface area contributed by atoms with Gasteiger partial charge in [-0.05, 0) is 42.8 Å². The summed E-state index contributed by atoms with van der Waals surface area (Å²) in [5, 5.41) is 2.65. The van der Waals surface area contributed by atoms with Crippen LogP contribution in [-0.4, -0.2) is 7.11 Å². The Balaban J connectivity index is 1.87. The molecule has 0 aromatic heterocycles. The van der Waals surface area contributed by atoms with Crippen LogP contribution in [0.1, 0.15) is 11.1 Å². The maximum atomic E-state index is 5.16. The van der Waals surface area contributed by atoms with Crippen LogP contribution in [0.4, 0.5) is 0 Å². The molecule has 1 heterocycles. The fourth-order valence-electron chi connectivity index (χ4n) is 2.27. The Morgan fingerprint density at radius 2 is 1.83 bits per heavy atom. The number of ether oxygens (including phenoxy) is 1. The first-order valence-corrected chi connectivity index (χ1v) is 6.11. The van der Waals surface area contributed by atoms with Crippen LogP contribution in [0.15, 0.2) is 42.5 Å². The van der Waals surface area contributed by atoms with Crippen LogP contribution in [0.2, 0.25) is 0 Å². The van der Waals surface area contributed by atoms with Crippen LogP contribution in [0.25, 0.3) is 6.20 Å². The molecule has 0 N–H and O–H groups in total. The van der Waals surface area contributed by atoms with Crippen LogP contribution in [-0.2, 0) is 6.54 Å². The normalized spacial score (nSPS) is 12.4. The van der Waals surface area contributed by atoms with E-state index in [1.165, 1.54) is 21.7 Å². The summed E-state index contributed by atoms with van der Waals surface area (Å²) in [6.07, 6.45) is 2.20. The van der Waals surface area contributed by atoms with Gasteiger partial charge in [-0.15, -0.1) is 0 Å². The fourth-order valence-corrected chi connectivity index (χ4v) is 2.27. The number of nitrogens with zero attached hydrogens (tertiary/aromatic N) is 1. The van der Waals surface area contributed by atoms with E-state index in [1.807, 2.05) is 12.1 Å². The highest BCUT2D eigenvalue weighted by Crippen LogP contribution is 2.11. The summed E-state index contributed by atoms with van der Waals surface area (Å²) in [7, 11) is 1.69. The summed E-state index contributed by atoms with van der Waals surface area (Å²) in [5.41, 5.74) is 2.60. The minimum absolute atomic E-state index is 0.905. The summed E-state index contributed by atoms with van der Waals surface area (Å²) in [6, 6.07) is 14.8. The van der Waals surface area contributed by atoms with Crippen molar-refractivity contribution in [3.05, 3.63) is 64.2 Å². The molecule has 0 saturated heterocycles. The molecule has 1 aliphatic rings. The summed E-state index contributed by atoms with van der Waals surface area (Å²) in [4.78, 5) is 0. The van der Waals surface area contributed by atoms with Crippen LogP contribution < -0.4 is 19.9 Å². The Hall–Kier alpha value is -2.09. The number of aryl methyl sites for hydroxylation is 1. The van der Waals surface area contributed by atoms with Gasteiger partial charge in [-0.2, -0.15) is 4.58 Å². The second kappa shape index (κ2) is 4.30. The number of rotatable bonds is 3.